The highest BCUT2D eigenvalue weighted by molar-refractivity contribution is 7.99. The number of halogens is 7. The lowest BCUT2D eigenvalue weighted by Gasteiger charge is -2.26. The highest BCUT2D eigenvalue weighted by Crippen LogP contribution is 2.47. The lowest BCUT2D eigenvalue weighted by Crippen LogP contribution is -2.55. The Balaban J connectivity index is 2.55. The number of benzene rings is 1. The van der Waals surface area contributed by atoms with Crippen molar-refractivity contribution in [3.63, 3.8) is 0 Å². The van der Waals surface area contributed by atoms with Gasteiger partial charge in [0.05, 0.1) is 5.75 Å². The maximum Gasteiger partial charge on any atom is 0.460 e. The van der Waals surface area contributed by atoms with E-state index in [2.05, 4.69) is 0 Å². The minimum absolute atomic E-state index is 0.0641. The van der Waals surface area contributed by atoms with Gasteiger partial charge < -0.3 is 5.43 Å². The largest absolute Gasteiger partial charge is 0.460 e. The molecule has 2 N–H and O–H groups in total. The summed E-state index contributed by atoms with van der Waals surface area (Å²) in [6.45, 7) is 0.928. The molecule has 0 saturated carbocycles. The smallest absolute Gasteiger partial charge is 0.303 e. The zero-order valence-corrected chi connectivity index (χ0v) is 15.1. The van der Waals surface area contributed by atoms with Crippen molar-refractivity contribution in [3.8, 4) is 0 Å². The van der Waals surface area contributed by atoms with Gasteiger partial charge in [0.1, 0.15) is 0 Å². The van der Waals surface area contributed by atoms with Gasteiger partial charge in [0.15, 0.2) is 0 Å². The van der Waals surface area contributed by atoms with Gasteiger partial charge in [-0.15, -0.1) is 11.8 Å². The van der Waals surface area contributed by atoms with Crippen LogP contribution in [0.25, 0.3) is 0 Å². The van der Waals surface area contributed by atoms with Gasteiger partial charge in [-0.05, 0) is 12.5 Å². The lowest BCUT2D eigenvalue weighted by atomic mass is 10.1. The quantitative estimate of drug-likeness (QED) is 0.354. The van der Waals surface area contributed by atoms with Crippen LogP contribution in [0.3, 0.4) is 0 Å². The van der Waals surface area contributed by atoms with E-state index in [0.717, 1.165) is 12.5 Å². The molecule has 0 saturated heterocycles. The molecule has 1 rings (SSSR count). The lowest BCUT2D eigenvalue weighted by molar-refractivity contribution is -0.342. The number of hydrogen-bond acceptors (Lipinski definition) is 4. The summed E-state index contributed by atoms with van der Waals surface area (Å²) in [6.07, 6.45) is -6.75. The summed E-state index contributed by atoms with van der Waals surface area (Å²) >= 11 is 1.21. The Morgan fingerprint density at radius 2 is 1.57 bits per heavy atom. The SMILES string of the molecule is C/C(=C\C(=O)C(F)(F)C(F)(F)C(F)(F)F)NNC(=O)CSCc1ccccc1. The van der Waals surface area contributed by atoms with Crippen molar-refractivity contribution in [2.75, 3.05) is 5.75 Å². The normalized spacial score (nSPS) is 13.2. The fourth-order valence-electron chi connectivity index (χ4n) is 1.70. The standard InChI is InChI=1S/C16H15F7N2O2S/c1-10(7-12(26)14(17,18)15(19,20)16(21,22)23)24-25-13(27)9-28-8-11-5-3-2-4-6-11/h2-7,24H,8-9H2,1H3,(H,25,27)/b10-7+. The third-order valence-electron chi connectivity index (χ3n) is 3.15. The van der Waals surface area contributed by atoms with Crippen LogP contribution in [-0.2, 0) is 15.3 Å². The monoisotopic (exact) mass is 432 g/mol. The van der Waals surface area contributed by atoms with Crippen molar-refractivity contribution < 1.29 is 40.3 Å². The minimum atomic E-state index is -6.61. The third kappa shape index (κ3) is 6.14. The van der Waals surface area contributed by atoms with Gasteiger partial charge in [0.2, 0.25) is 11.7 Å². The zero-order valence-electron chi connectivity index (χ0n) is 14.2. The average Bonchev–Trinajstić information content (AvgIpc) is 2.59. The Bertz CT molecular complexity index is 721. The molecule has 0 unspecified atom stereocenters. The molecule has 0 aliphatic rings. The number of rotatable bonds is 9. The van der Waals surface area contributed by atoms with E-state index in [-0.39, 0.29) is 11.8 Å². The van der Waals surface area contributed by atoms with Crippen molar-refractivity contribution in [2.24, 2.45) is 0 Å². The van der Waals surface area contributed by atoms with Crippen LogP contribution in [0.5, 0.6) is 0 Å². The summed E-state index contributed by atoms with van der Waals surface area (Å²) in [6, 6.07) is 9.09. The van der Waals surface area contributed by atoms with Crippen LogP contribution in [0.2, 0.25) is 0 Å². The molecular formula is C16H15F7N2O2S. The fourth-order valence-corrected chi connectivity index (χ4v) is 2.48. The highest BCUT2D eigenvalue weighted by Gasteiger charge is 2.75. The predicted molar refractivity (Wildman–Crippen MR) is 88.6 cm³/mol. The van der Waals surface area contributed by atoms with Crippen LogP contribution in [0.4, 0.5) is 30.7 Å². The van der Waals surface area contributed by atoms with Crippen LogP contribution < -0.4 is 10.9 Å². The predicted octanol–water partition coefficient (Wildman–Crippen LogP) is 3.85. The Labute approximate surface area is 159 Å². The molecule has 156 valence electrons. The molecule has 0 bridgehead atoms. The third-order valence-corrected chi connectivity index (χ3v) is 4.15. The summed E-state index contributed by atoms with van der Waals surface area (Å²) in [5.74, 6) is -15.5. The molecule has 0 fully saturated rings. The second kappa shape index (κ2) is 9.30. The number of thioether (sulfide) groups is 1. The van der Waals surface area contributed by atoms with Crippen LogP contribution in [0.15, 0.2) is 42.1 Å². The second-order valence-electron chi connectivity index (χ2n) is 5.49. The molecule has 0 aliphatic heterocycles. The molecule has 1 aromatic carbocycles. The number of hydrazine groups is 1. The molecule has 0 heterocycles. The Morgan fingerprint density at radius 1 is 1.00 bits per heavy atom. The summed E-state index contributed by atoms with van der Waals surface area (Å²) in [5, 5.41) is 0. The van der Waals surface area contributed by atoms with Crippen LogP contribution >= 0.6 is 11.8 Å². The van der Waals surface area contributed by atoms with Gasteiger partial charge in [0.25, 0.3) is 0 Å². The zero-order chi connectivity index (χ0) is 21.6. The van der Waals surface area contributed by atoms with Gasteiger partial charge in [0, 0.05) is 17.5 Å². The molecule has 4 nitrogen and oxygen atoms in total. The average molecular weight is 432 g/mol. The van der Waals surface area contributed by atoms with Gasteiger partial charge in [-0.2, -0.15) is 30.7 Å². The number of amides is 1. The van der Waals surface area contributed by atoms with E-state index < -0.39 is 35.4 Å². The number of carbonyl (C=O) groups is 2. The topological polar surface area (TPSA) is 58.2 Å². The Hall–Kier alpha value is -2.24. The van der Waals surface area contributed by atoms with Crippen LogP contribution in [0, 0.1) is 0 Å². The van der Waals surface area contributed by atoms with E-state index in [4.69, 9.17) is 0 Å². The first-order valence-electron chi connectivity index (χ1n) is 7.50. The van der Waals surface area contributed by atoms with E-state index in [0.29, 0.717) is 5.75 Å². The van der Waals surface area contributed by atoms with Crippen molar-refractivity contribution in [1.82, 2.24) is 10.9 Å². The van der Waals surface area contributed by atoms with Gasteiger partial charge >= 0.3 is 18.0 Å². The molecule has 0 atom stereocenters. The second-order valence-corrected chi connectivity index (χ2v) is 6.48. The van der Waals surface area contributed by atoms with Gasteiger partial charge in [-0.25, -0.2) is 0 Å². The van der Waals surface area contributed by atoms with Gasteiger partial charge in [-0.1, -0.05) is 30.3 Å². The Morgan fingerprint density at radius 3 is 2.11 bits per heavy atom. The maximum absolute atomic E-state index is 13.2. The number of ketones is 1. The summed E-state index contributed by atoms with van der Waals surface area (Å²) in [4.78, 5) is 22.8. The molecule has 1 aromatic rings. The van der Waals surface area contributed by atoms with Crippen LogP contribution in [-0.4, -0.2) is 35.5 Å². The van der Waals surface area contributed by atoms with E-state index in [1.807, 2.05) is 29.1 Å². The number of allylic oxidation sites excluding steroid dienone is 2. The van der Waals surface area contributed by atoms with E-state index >= 15 is 0 Å². The Kier molecular flexibility index (Phi) is 7.91. The van der Waals surface area contributed by atoms with E-state index in [1.54, 1.807) is 12.1 Å². The van der Waals surface area contributed by atoms with E-state index in [9.17, 15) is 40.3 Å². The summed E-state index contributed by atoms with van der Waals surface area (Å²) in [5.41, 5.74) is 4.40. The summed E-state index contributed by atoms with van der Waals surface area (Å²) in [7, 11) is 0. The number of hydrogen-bond donors (Lipinski definition) is 2. The van der Waals surface area contributed by atoms with Crippen molar-refractivity contribution in [2.45, 2.75) is 30.7 Å². The maximum atomic E-state index is 13.2. The molecule has 1 amide bonds. The molecule has 0 radical (unpaired) electrons. The summed E-state index contributed by atoms with van der Waals surface area (Å²) < 4.78 is 88.1. The first-order valence-corrected chi connectivity index (χ1v) is 8.66. The van der Waals surface area contributed by atoms with Crippen molar-refractivity contribution >= 4 is 23.5 Å². The number of alkyl halides is 7. The number of nitrogens with one attached hydrogen (secondary N) is 2. The first kappa shape index (κ1) is 23.8. The van der Waals surface area contributed by atoms with E-state index in [1.165, 1.54) is 11.8 Å². The van der Waals surface area contributed by atoms with Crippen molar-refractivity contribution in [1.29, 1.82) is 0 Å². The molecule has 12 heteroatoms. The fraction of sp³-hybridized carbons (Fsp3) is 0.375. The van der Waals surface area contributed by atoms with Gasteiger partial charge in [-0.3, -0.25) is 15.0 Å². The van der Waals surface area contributed by atoms with Crippen molar-refractivity contribution in [3.05, 3.63) is 47.7 Å². The molecular weight excluding hydrogens is 417 g/mol. The first-order chi connectivity index (χ1) is 12.8. The highest BCUT2D eigenvalue weighted by atomic mass is 32.2. The molecule has 0 aromatic heterocycles. The molecule has 0 aliphatic carbocycles. The number of carbonyl (C=O) groups excluding carboxylic acids is 2. The molecule has 28 heavy (non-hydrogen) atoms. The minimum Gasteiger partial charge on any atom is -0.303 e. The van der Waals surface area contributed by atoms with Crippen LogP contribution in [0.1, 0.15) is 12.5 Å². The molecule has 0 spiro atoms.